The Balaban J connectivity index is 1.54. The molecule has 1 aromatic heterocycles. The highest BCUT2D eigenvalue weighted by molar-refractivity contribution is 6.31. The number of pyridine rings is 1. The summed E-state index contributed by atoms with van der Waals surface area (Å²) in [5.41, 5.74) is 1.11. The second kappa shape index (κ2) is 9.81. The molecule has 170 valence electrons. The van der Waals surface area contributed by atoms with Gasteiger partial charge in [-0.15, -0.1) is 0 Å². The molecule has 1 aliphatic carbocycles. The van der Waals surface area contributed by atoms with E-state index >= 15 is 0 Å². The van der Waals surface area contributed by atoms with Gasteiger partial charge in [-0.2, -0.15) is 0 Å². The van der Waals surface area contributed by atoms with Gasteiger partial charge in [0, 0.05) is 21.7 Å². The minimum Gasteiger partial charge on any atom is -0.494 e. The van der Waals surface area contributed by atoms with Crippen LogP contribution in [-0.4, -0.2) is 23.9 Å². The maximum atomic E-state index is 13.4. The topological polar surface area (TPSA) is 80.3 Å². The average Bonchev–Trinajstić information content (AvgIpc) is 3.32. The lowest BCUT2D eigenvalue weighted by atomic mass is 9.78. The van der Waals surface area contributed by atoms with Crippen molar-refractivity contribution < 1.29 is 14.3 Å². The molecule has 1 fully saturated rings. The minimum atomic E-state index is -0.626. The van der Waals surface area contributed by atoms with E-state index in [0.717, 1.165) is 31.2 Å². The number of anilines is 2. The van der Waals surface area contributed by atoms with Crippen LogP contribution in [0.3, 0.4) is 0 Å². The number of halogens is 2. The second-order valence-corrected chi connectivity index (χ2v) is 8.86. The van der Waals surface area contributed by atoms with Crippen LogP contribution in [0.15, 0.2) is 60.8 Å². The van der Waals surface area contributed by atoms with Crippen molar-refractivity contribution >= 4 is 46.5 Å². The van der Waals surface area contributed by atoms with Gasteiger partial charge in [0.25, 0.3) is 5.91 Å². The van der Waals surface area contributed by atoms with E-state index in [9.17, 15) is 9.59 Å². The highest BCUT2D eigenvalue weighted by atomic mass is 35.5. The zero-order valence-electron chi connectivity index (χ0n) is 18.0. The number of carbonyl (C=O) groups excluding carboxylic acids is 2. The van der Waals surface area contributed by atoms with Crippen molar-refractivity contribution in [1.29, 1.82) is 0 Å². The molecular formula is C25H23Cl2N3O3. The Hall–Kier alpha value is -3.09. The first-order valence-electron chi connectivity index (χ1n) is 10.6. The summed E-state index contributed by atoms with van der Waals surface area (Å²) >= 11 is 12.0. The Bertz CT molecular complexity index is 1180. The fourth-order valence-corrected chi connectivity index (χ4v) is 4.54. The van der Waals surface area contributed by atoms with Gasteiger partial charge >= 0.3 is 0 Å². The molecule has 0 atom stereocenters. The molecule has 0 spiro atoms. The van der Waals surface area contributed by atoms with Gasteiger partial charge in [0.15, 0.2) is 0 Å². The highest BCUT2D eigenvalue weighted by Crippen LogP contribution is 2.42. The predicted molar refractivity (Wildman–Crippen MR) is 130 cm³/mol. The van der Waals surface area contributed by atoms with E-state index in [0.29, 0.717) is 32.9 Å². The van der Waals surface area contributed by atoms with Crippen molar-refractivity contribution in [2.75, 3.05) is 17.7 Å². The van der Waals surface area contributed by atoms with Crippen LogP contribution < -0.4 is 15.4 Å². The maximum absolute atomic E-state index is 13.4. The Labute approximate surface area is 202 Å². The first-order valence-corrected chi connectivity index (χ1v) is 11.4. The molecule has 0 bridgehead atoms. The fourth-order valence-electron chi connectivity index (χ4n) is 4.22. The molecule has 8 heteroatoms. The van der Waals surface area contributed by atoms with E-state index in [2.05, 4.69) is 15.6 Å². The molecule has 1 aliphatic rings. The lowest BCUT2D eigenvalue weighted by molar-refractivity contribution is -0.121. The third-order valence-electron chi connectivity index (χ3n) is 5.95. The van der Waals surface area contributed by atoms with Gasteiger partial charge in [0.05, 0.1) is 18.7 Å². The van der Waals surface area contributed by atoms with Gasteiger partial charge in [0.2, 0.25) is 5.91 Å². The Morgan fingerprint density at radius 3 is 2.36 bits per heavy atom. The zero-order valence-corrected chi connectivity index (χ0v) is 19.5. The number of aromatic nitrogens is 1. The minimum absolute atomic E-state index is 0.118. The highest BCUT2D eigenvalue weighted by Gasteiger charge is 2.42. The molecule has 2 amide bonds. The van der Waals surface area contributed by atoms with E-state index in [1.54, 1.807) is 30.3 Å². The van der Waals surface area contributed by atoms with Crippen LogP contribution in [0.2, 0.25) is 10.0 Å². The van der Waals surface area contributed by atoms with Crippen LogP contribution >= 0.6 is 23.2 Å². The van der Waals surface area contributed by atoms with Gasteiger partial charge in [-0.05, 0) is 48.7 Å². The van der Waals surface area contributed by atoms with Crippen LogP contribution in [0.1, 0.15) is 41.6 Å². The summed E-state index contributed by atoms with van der Waals surface area (Å²) in [4.78, 5) is 30.3. The Morgan fingerprint density at radius 1 is 0.970 bits per heavy atom. The number of rotatable bonds is 6. The second-order valence-electron chi connectivity index (χ2n) is 7.98. The summed E-state index contributed by atoms with van der Waals surface area (Å²) in [7, 11) is 1.49. The number of nitrogens with zero attached hydrogens (tertiary/aromatic N) is 1. The molecule has 2 aromatic carbocycles. The zero-order chi connectivity index (χ0) is 23.4. The molecule has 3 aromatic rings. The van der Waals surface area contributed by atoms with E-state index in [4.69, 9.17) is 27.9 Å². The molecule has 0 radical (unpaired) electrons. The van der Waals surface area contributed by atoms with Crippen LogP contribution in [0.5, 0.6) is 5.75 Å². The van der Waals surface area contributed by atoms with E-state index < -0.39 is 5.41 Å². The monoisotopic (exact) mass is 483 g/mol. The summed E-state index contributed by atoms with van der Waals surface area (Å²) in [5.74, 6) is 0.259. The molecule has 1 heterocycles. The third kappa shape index (κ3) is 4.97. The van der Waals surface area contributed by atoms with Crippen molar-refractivity contribution in [2.45, 2.75) is 31.1 Å². The average molecular weight is 484 g/mol. The lowest BCUT2D eigenvalue weighted by Crippen LogP contribution is -2.38. The molecule has 2 N–H and O–H groups in total. The van der Waals surface area contributed by atoms with Gasteiger partial charge in [-0.25, -0.2) is 4.98 Å². The molecule has 4 rings (SSSR count). The van der Waals surface area contributed by atoms with Crippen molar-refractivity contribution in [3.63, 3.8) is 0 Å². The number of benzene rings is 2. The lowest BCUT2D eigenvalue weighted by Gasteiger charge is -2.28. The van der Waals surface area contributed by atoms with Gasteiger partial charge in [-0.1, -0.05) is 54.2 Å². The van der Waals surface area contributed by atoms with Gasteiger partial charge in [0.1, 0.15) is 17.3 Å². The number of carbonyl (C=O) groups is 2. The molecule has 33 heavy (non-hydrogen) atoms. The van der Waals surface area contributed by atoms with Crippen LogP contribution in [0, 0.1) is 0 Å². The fraction of sp³-hybridized carbons (Fsp3) is 0.240. The number of amides is 2. The quantitative estimate of drug-likeness (QED) is 0.443. The number of hydrogen-bond donors (Lipinski definition) is 2. The molecule has 1 saturated carbocycles. The van der Waals surface area contributed by atoms with Gasteiger partial charge in [-0.3, -0.25) is 9.59 Å². The SMILES string of the molecule is COc1cc(NC(=O)C2(c3ccc(Cl)cc3)CCCC2)ncc1NC(=O)c1cccc(Cl)c1. The summed E-state index contributed by atoms with van der Waals surface area (Å²) in [6.07, 6.45) is 4.92. The summed E-state index contributed by atoms with van der Waals surface area (Å²) < 4.78 is 5.43. The maximum Gasteiger partial charge on any atom is 0.255 e. The normalized spacial score (nSPS) is 14.5. The van der Waals surface area contributed by atoms with Crippen molar-refractivity contribution in [1.82, 2.24) is 4.98 Å². The van der Waals surface area contributed by atoms with Crippen molar-refractivity contribution in [3.05, 3.63) is 82.0 Å². The Morgan fingerprint density at radius 2 is 1.70 bits per heavy atom. The molecule has 0 unspecified atom stereocenters. The molecule has 6 nitrogen and oxygen atoms in total. The van der Waals surface area contributed by atoms with E-state index in [-0.39, 0.29) is 11.8 Å². The van der Waals surface area contributed by atoms with Crippen molar-refractivity contribution in [3.8, 4) is 5.75 Å². The number of nitrogens with one attached hydrogen (secondary N) is 2. The number of ether oxygens (including phenoxy) is 1. The molecule has 0 aliphatic heterocycles. The largest absolute Gasteiger partial charge is 0.494 e. The standard InChI is InChI=1S/C25H23Cl2N3O3/c1-33-21-14-22(28-15-20(21)29-23(31)16-5-4-6-19(27)13-16)30-24(32)25(11-2-3-12-25)17-7-9-18(26)10-8-17/h4-10,13-15H,2-3,11-12H2,1H3,(H,29,31)(H,28,30,32). The third-order valence-corrected chi connectivity index (χ3v) is 6.44. The van der Waals surface area contributed by atoms with E-state index in [1.807, 2.05) is 24.3 Å². The van der Waals surface area contributed by atoms with Gasteiger partial charge < -0.3 is 15.4 Å². The molecular weight excluding hydrogens is 461 g/mol. The number of hydrogen-bond acceptors (Lipinski definition) is 4. The summed E-state index contributed by atoms with van der Waals surface area (Å²) in [6, 6.07) is 15.7. The van der Waals surface area contributed by atoms with E-state index in [1.165, 1.54) is 13.3 Å². The molecule has 0 saturated heterocycles. The summed E-state index contributed by atoms with van der Waals surface area (Å²) in [6.45, 7) is 0. The number of methoxy groups -OCH3 is 1. The van der Waals surface area contributed by atoms with Crippen LogP contribution in [0.25, 0.3) is 0 Å². The van der Waals surface area contributed by atoms with Crippen molar-refractivity contribution in [2.24, 2.45) is 0 Å². The van der Waals surface area contributed by atoms with Crippen LogP contribution in [0.4, 0.5) is 11.5 Å². The Kier molecular flexibility index (Phi) is 6.86. The first kappa shape index (κ1) is 23.1. The predicted octanol–water partition coefficient (Wildman–Crippen LogP) is 6.10. The first-order chi connectivity index (χ1) is 15.9. The van der Waals surface area contributed by atoms with Crippen LogP contribution in [-0.2, 0) is 10.2 Å². The smallest absolute Gasteiger partial charge is 0.255 e. The summed E-state index contributed by atoms with van der Waals surface area (Å²) in [5, 5.41) is 6.81.